The van der Waals surface area contributed by atoms with Crippen molar-refractivity contribution in [2.24, 2.45) is 0 Å². The molecule has 0 aliphatic heterocycles. The molecular weight excluding hydrogens is 302 g/mol. The van der Waals surface area contributed by atoms with Gasteiger partial charge < -0.3 is 10.1 Å². The molecule has 0 saturated heterocycles. The summed E-state index contributed by atoms with van der Waals surface area (Å²) in [4.78, 5) is 0. The van der Waals surface area contributed by atoms with Gasteiger partial charge in [0.2, 0.25) is 0 Å². The molecule has 19 heavy (non-hydrogen) atoms. The van der Waals surface area contributed by atoms with Crippen molar-refractivity contribution in [2.75, 3.05) is 14.2 Å². The van der Waals surface area contributed by atoms with E-state index in [0.717, 1.165) is 6.42 Å². The van der Waals surface area contributed by atoms with E-state index >= 15 is 0 Å². The molecule has 0 heterocycles. The number of aryl methyl sites for hydroxylation is 2. The molecular formula is C16H24BrNO. The lowest BCUT2D eigenvalue weighted by Gasteiger charge is -2.43. The van der Waals surface area contributed by atoms with Gasteiger partial charge in [0.05, 0.1) is 5.60 Å². The van der Waals surface area contributed by atoms with E-state index in [0.29, 0.717) is 6.04 Å². The van der Waals surface area contributed by atoms with Gasteiger partial charge in [0, 0.05) is 17.6 Å². The van der Waals surface area contributed by atoms with E-state index in [9.17, 15) is 0 Å². The zero-order chi connectivity index (χ0) is 14.0. The molecule has 2 rings (SSSR count). The second-order valence-corrected chi connectivity index (χ2v) is 6.60. The summed E-state index contributed by atoms with van der Waals surface area (Å²) in [6, 6.07) is 4.88. The van der Waals surface area contributed by atoms with E-state index in [1.54, 1.807) is 0 Å². The molecule has 1 aromatic rings. The predicted octanol–water partition coefficient (Wildman–Crippen LogP) is 4.29. The second-order valence-electron chi connectivity index (χ2n) is 5.74. The van der Waals surface area contributed by atoms with Crippen LogP contribution in [-0.4, -0.2) is 19.8 Å². The normalized spacial score (nSPS) is 19.0. The standard InChI is InChI=1S/C16H24BrNO/c1-11-9-14(17)12(2)8-13(11)15(18-3)10-16(19-4)6-5-7-16/h8-9,15,18H,5-7,10H2,1-4H3. The van der Waals surface area contributed by atoms with Crippen LogP contribution in [0.3, 0.4) is 0 Å². The van der Waals surface area contributed by atoms with E-state index in [1.807, 2.05) is 14.2 Å². The van der Waals surface area contributed by atoms with Crippen LogP contribution in [0.25, 0.3) is 0 Å². The van der Waals surface area contributed by atoms with Crippen LogP contribution < -0.4 is 5.32 Å². The highest BCUT2D eigenvalue weighted by atomic mass is 79.9. The lowest BCUT2D eigenvalue weighted by atomic mass is 9.74. The first kappa shape index (κ1) is 15.0. The number of hydrogen-bond acceptors (Lipinski definition) is 2. The highest BCUT2D eigenvalue weighted by Crippen LogP contribution is 2.42. The van der Waals surface area contributed by atoms with Crippen LogP contribution in [0, 0.1) is 13.8 Å². The molecule has 1 saturated carbocycles. The predicted molar refractivity (Wildman–Crippen MR) is 83.6 cm³/mol. The van der Waals surface area contributed by atoms with E-state index in [1.165, 1.54) is 40.4 Å². The average Bonchev–Trinajstić information content (AvgIpc) is 2.34. The Balaban J connectivity index is 2.24. The summed E-state index contributed by atoms with van der Waals surface area (Å²) in [5.41, 5.74) is 4.12. The number of nitrogens with one attached hydrogen (secondary N) is 1. The van der Waals surface area contributed by atoms with Crippen LogP contribution in [0.1, 0.15) is 48.4 Å². The summed E-state index contributed by atoms with van der Waals surface area (Å²) in [6.07, 6.45) is 4.73. The summed E-state index contributed by atoms with van der Waals surface area (Å²) in [7, 11) is 3.90. The van der Waals surface area contributed by atoms with Crippen LogP contribution in [-0.2, 0) is 4.74 Å². The Hall–Kier alpha value is -0.380. The quantitative estimate of drug-likeness (QED) is 0.872. The first-order valence-corrected chi connectivity index (χ1v) is 7.80. The van der Waals surface area contributed by atoms with E-state index in [2.05, 4.69) is 47.2 Å². The van der Waals surface area contributed by atoms with Gasteiger partial charge in [-0.25, -0.2) is 0 Å². The minimum atomic E-state index is 0.0983. The maximum absolute atomic E-state index is 5.77. The van der Waals surface area contributed by atoms with Gasteiger partial charge in [-0.2, -0.15) is 0 Å². The van der Waals surface area contributed by atoms with Crippen LogP contribution in [0.4, 0.5) is 0 Å². The van der Waals surface area contributed by atoms with E-state index < -0.39 is 0 Å². The zero-order valence-electron chi connectivity index (χ0n) is 12.3. The molecule has 3 heteroatoms. The minimum absolute atomic E-state index is 0.0983. The van der Waals surface area contributed by atoms with Gasteiger partial charge in [-0.05, 0) is 69.3 Å². The molecule has 0 bridgehead atoms. The third kappa shape index (κ3) is 3.04. The molecule has 106 valence electrons. The molecule has 1 N–H and O–H groups in total. The summed E-state index contributed by atoms with van der Waals surface area (Å²) < 4.78 is 6.96. The number of benzene rings is 1. The van der Waals surface area contributed by atoms with Crippen LogP contribution >= 0.6 is 15.9 Å². The largest absolute Gasteiger partial charge is 0.378 e. The van der Waals surface area contributed by atoms with Gasteiger partial charge in [-0.3, -0.25) is 0 Å². The number of rotatable bonds is 5. The third-order valence-corrected chi connectivity index (χ3v) is 5.40. The molecule has 1 unspecified atom stereocenters. The van der Waals surface area contributed by atoms with Crippen molar-refractivity contribution in [3.63, 3.8) is 0 Å². The molecule has 1 aliphatic rings. The molecule has 0 spiro atoms. The Morgan fingerprint density at radius 2 is 2.00 bits per heavy atom. The maximum Gasteiger partial charge on any atom is 0.0697 e. The number of halogens is 1. The smallest absolute Gasteiger partial charge is 0.0697 e. The summed E-state index contributed by atoms with van der Waals surface area (Å²) >= 11 is 3.61. The zero-order valence-corrected chi connectivity index (χ0v) is 13.9. The number of hydrogen-bond donors (Lipinski definition) is 1. The molecule has 2 nitrogen and oxygen atoms in total. The topological polar surface area (TPSA) is 21.3 Å². The Kier molecular flexibility index (Phi) is 4.70. The van der Waals surface area contributed by atoms with E-state index in [4.69, 9.17) is 4.74 Å². The molecule has 0 aromatic heterocycles. The van der Waals surface area contributed by atoms with Crippen molar-refractivity contribution < 1.29 is 4.74 Å². The fourth-order valence-electron chi connectivity index (χ4n) is 2.98. The van der Waals surface area contributed by atoms with Crippen LogP contribution in [0.2, 0.25) is 0 Å². The lowest BCUT2D eigenvalue weighted by Crippen LogP contribution is -2.42. The Morgan fingerprint density at radius 3 is 2.47 bits per heavy atom. The first-order valence-electron chi connectivity index (χ1n) is 7.00. The van der Waals surface area contributed by atoms with Crippen molar-refractivity contribution in [1.82, 2.24) is 5.32 Å². The molecule has 0 radical (unpaired) electrons. The first-order chi connectivity index (χ1) is 9.01. The molecule has 1 aromatic carbocycles. The van der Waals surface area contributed by atoms with Crippen LogP contribution in [0.5, 0.6) is 0 Å². The van der Waals surface area contributed by atoms with Crippen molar-refractivity contribution in [1.29, 1.82) is 0 Å². The van der Waals surface area contributed by atoms with Gasteiger partial charge in [-0.1, -0.05) is 22.0 Å². The fraction of sp³-hybridized carbons (Fsp3) is 0.625. The monoisotopic (exact) mass is 325 g/mol. The maximum atomic E-state index is 5.77. The highest BCUT2D eigenvalue weighted by Gasteiger charge is 2.39. The van der Waals surface area contributed by atoms with Crippen molar-refractivity contribution in [2.45, 2.75) is 51.2 Å². The SMILES string of the molecule is CNC(CC1(OC)CCC1)c1cc(C)c(Br)cc1C. The van der Waals surface area contributed by atoms with Crippen molar-refractivity contribution >= 4 is 15.9 Å². The number of ether oxygens (including phenoxy) is 1. The Labute approximate surface area is 125 Å². The lowest BCUT2D eigenvalue weighted by molar-refractivity contribution is -0.0834. The van der Waals surface area contributed by atoms with E-state index in [-0.39, 0.29) is 5.60 Å². The highest BCUT2D eigenvalue weighted by molar-refractivity contribution is 9.10. The van der Waals surface area contributed by atoms with Gasteiger partial charge in [-0.15, -0.1) is 0 Å². The van der Waals surface area contributed by atoms with Crippen LogP contribution in [0.15, 0.2) is 16.6 Å². The fourth-order valence-corrected chi connectivity index (χ4v) is 3.44. The Bertz CT molecular complexity index is 449. The van der Waals surface area contributed by atoms with Crippen molar-refractivity contribution in [3.05, 3.63) is 33.3 Å². The van der Waals surface area contributed by atoms with Gasteiger partial charge in [0.15, 0.2) is 0 Å². The van der Waals surface area contributed by atoms with Crippen molar-refractivity contribution in [3.8, 4) is 0 Å². The van der Waals surface area contributed by atoms with Gasteiger partial charge in [0.1, 0.15) is 0 Å². The van der Waals surface area contributed by atoms with Gasteiger partial charge in [0.25, 0.3) is 0 Å². The summed E-state index contributed by atoms with van der Waals surface area (Å²) in [5.74, 6) is 0. The molecule has 1 atom stereocenters. The molecule has 1 aliphatic carbocycles. The second kappa shape index (κ2) is 5.94. The summed E-state index contributed by atoms with van der Waals surface area (Å²) in [5, 5.41) is 3.47. The third-order valence-electron chi connectivity index (χ3n) is 4.55. The minimum Gasteiger partial charge on any atom is -0.378 e. The molecule has 1 fully saturated rings. The molecule has 0 amide bonds. The average molecular weight is 326 g/mol. The number of methoxy groups -OCH3 is 1. The Morgan fingerprint density at radius 1 is 1.32 bits per heavy atom. The van der Waals surface area contributed by atoms with Gasteiger partial charge >= 0.3 is 0 Å². The summed E-state index contributed by atoms with van der Waals surface area (Å²) in [6.45, 7) is 4.33.